The van der Waals surface area contributed by atoms with Crippen molar-refractivity contribution in [3.63, 3.8) is 0 Å². The number of nitrogens with two attached hydrogens (primary N) is 1. The van der Waals surface area contributed by atoms with E-state index in [4.69, 9.17) is 10.5 Å². The lowest BCUT2D eigenvalue weighted by molar-refractivity contribution is -0.133. The Labute approximate surface area is 138 Å². The summed E-state index contributed by atoms with van der Waals surface area (Å²) in [5.74, 6) is 0.0170. The van der Waals surface area contributed by atoms with Crippen LogP contribution < -0.4 is 5.73 Å². The molecule has 5 heteroatoms. The van der Waals surface area contributed by atoms with E-state index in [1.165, 1.54) is 11.1 Å². The molecule has 1 amide bonds. The summed E-state index contributed by atoms with van der Waals surface area (Å²) in [5.41, 5.74) is 8.86. The van der Waals surface area contributed by atoms with Crippen LogP contribution in [0.4, 0.5) is 0 Å². The van der Waals surface area contributed by atoms with Crippen LogP contribution in [0, 0.1) is 0 Å². The van der Waals surface area contributed by atoms with Gasteiger partial charge in [0.2, 0.25) is 5.91 Å². The van der Waals surface area contributed by atoms with Gasteiger partial charge in [-0.3, -0.25) is 9.69 Å². The van der Waals surface area contributed by atoms with Crippen molar-refractivity contribution >= 4 is 5.91 Å². The average Bonchev–Trinajstić information content (AvgIpc) is 2.84. The van der Waals surface area contributed by atoms with E-state index >= 15 is 0 Å². The normalized spacial score (nSPS) is 21.0. The Morgan fingerprint density at radius 3 is 2.57 bits per heavy atom. The lowest BCUT2D eigenvalue weighted by Gasteiger charge is -2.28. The topological polar surface area (TPSA) is 58.8 Å². The van der Waals surface area contributed by atoms with Crippen LogP contribution in [-0.4, -0.2) is 67.7 Å². The van der Waals surface area contributed by atoms with Gasteiger partial charge in [0.05, 0.1) is 6.61 Å². The maximum Gasteiger partial charge on any atom is 0.241 e. The largest absolute Gasteiger partial charge is 0.383 e. The summed E-state index contributed by atoms with van der Waals surface area (Å²) >= 11 is 0. The van der Waals surface area contributed by atoms with Gasteiger partial charge in [-0.05, 0) is 30.4 Å². The fourth-order valence-electron chi connectivity index (χ4n) is 3.80. The highest BCUT2D eigenvalue weighted by Crippen LogP contribution is 2.26. The fraction of sp³-hybridized carbons (Fsp3) is 0.611. The first kappa shape index (κ1) is 16.4. The van der Waals surface area contributed by atoms with Crippen LogP contribution in [0.15, 0.2) is 24.3 Å². The molecule has 0 spiro atoms. The summed E-state index contributed by atoms with van der Waals surface area (Å²) in [6.45, 7) is 3.85. The summed E-state index contributed by atoms with van der Waals surface area (Å²) in [4.78, 5) is 16.8. The van der Waals surface area contributed by atoms with Gasteiger partial charge in [0.25, 0.3) is 0 Å². The molecule has 1 aliphatic carbocycles. The second kappa shape index (κ2) is 7.43. The molecule has 0 unspecified atom stereocenters. The molecule has 5 nitrogen and oxygen atoms in total. The monoisotopic (exact) mass is 317 g/mol. The minimum Gasteiger partial charge on any atom is -0.383 e. The molecule has 23 heavy (non-hydrogen) atoms. The molecule has 3 rings (SSSR count). The van der Waals surface area contributed by atoms with Crippen molar-refractivity contribution in [2.24, 2.45) is 5.73 Å². The Morgan fingerprint density at radius 2 is 1.91 bits per heavy atom. The first-order valence-electron chi connectivity index (χ1n) is 8.53. The molecule has 1 fully saturated rings. The Bertz CT molecular complexity index is 524. The fourth-order valence-corrected chi connectivity index (χ4v) is 3.80. The molecule has 1 aliphatic heterocycles. The minimum atomic E-state index is -0.540. The Balaban J connectivity index is 1.56. The second-order valence-electron chi connectivity index (χ2n) is 6.61. The number of carbonyl (C=O) groups is 1. The van der Waals surface area contributed by atoms with Crippen LogP contribution in [0.25, 0.3) is 0 Å². The van der Waals surface area contributed by atoms with Gasteiger partial charge in [-0.15, -0.1) is 0 Å². The number of methoxy groups -OCH3 is 1. The molecule has 0 saturated carbocycles. The first-order chi connectivity index (χ1) is 11.2. The standard InChI is InChI=1S/C18H27N3O2/c1-23-13-17(19)18(22)21-8-4-7-20(9-10-21)16-11-14-5-2-3-6-15(14)12-16/h2-3,5-6,16-17H,4,7-13,19H2,1H3/t17-/m1/s1. The number of carbonyl (C=O) groups excluding carboxylic acids is 1. The molecular weight excluding hydrogens is 290 g/mol. The molecular formula is C18H27N3O2. The predicted octanol–water partition coefficient (Wildman–Crippen LogP) is 0.662. The zero-order valence-electron chi connectivity index (χ0n) is 13.9. The third-order valence-electron chi connectivity index (χ3n) is 5.05. The smallest absolute Gasteiger partial charge is 0.241 e. The lowest BCUT2D eigenvalue weighted by Crippen LogP contribution is -2.47. The summed E-state index contributed by atoms with van der Waals surface area (Å²) in [7, 11) is 1.58. The van der Waals surface area contributed by atoms with Crippen molar-refractivity contribution < 1.29 is 9.53 Å². The van der Waals surface area contributed by atoms with E-state index in [-0.39, 0.29) is 12.5 Å². The van der Waals surface area contributed by atoms with Crippen molar-refractivity contribution in [2.75, 3.05) is 39.9 Å². The SMILES string of the molecule is COC[C@@H](N)C(=O)N1CCCN(C2Cc3ccccc3C2)CC1. The van der Waals surface area contributed by atoms with E-state index < -0.39 is 6.04 Å². The third kappa shape index (κ3) is 3.74. The van der Waals surface area contributed by atoms with Crippen LogP contribution in [0.1, 0.15) is 17.5 Å². The highest BCUT2D eigenvalue weighted by atomic mass is 16.5. The van der Waals surface area contributed by atoms with Crippen molar-refractivity contribution in [1.29, 1.82) is 0 Å². The quantitative estimate of drug-likeness (QED) is 0.886. The molecule has 1 heterocycles. The van der Waals surface area contributed by atoms with E-state index in [1.807, 2.05) is 4.90 Å². The zero-order valence-corrected chi connectivity index (χ0v) is 13.9. The van der Waals surface area contributed by atoms with Crippen LogP contribution >= 0.6 is 0 Å². The first-order valence-corrected chi connectivity index (χ1v) is 8.53. The van der Waals surface area contributed by atoms with Gasteiger partial charge < -0.3 is 15.4 Å². The molecule has 0 bridgehead atoms. The van der Waals surface area contributed by atoms with Crippen molar-refractivity contribution in [3.05, 3.63) is 35.4 Å². The third-order valence-corrected chi connectivity index (χ3v) is 5.05. The number of fused-ring (bicyclic) bond motifs is 1. The number of nitrogens with zero attached hydrogens (tertiary/aromatic N) is 2. The van der Waals surface area contributed by atoms with Crippen LogP contribution in [0.3, 0.4) is 0 Å². The number of rotatable bonds is 4. The van der Waals surface area contributed by atoms with E-state index in [1.54, 1.807) is 7.11 Å². The van der Waals surface area contributed by atoms with E-state index in [0.717, 1.165) is 45.4 Å². The minimum absolute atomic E-state index is 0.0170. The molecule has 1 saturated heterocycles. The molecule has 1 aromatic carbocycles. The molecule has 0 aromatic heterocycles. The Hall–Kier alpha value is -1.43. The van der Waals surface area contributed by atoms with Gasteiger partial charge in [-0.1, -0.05) is 24.3 Å². The Kier molecular flexibility index (Phi) is 5.30. The number of hydrogen-bond donors (Lipinski definition) is 1. The van der Waals surface area contributed by atoms with Crippen molar-refractivity contribution in [3.8, 4) is 0 Å². The maximum absolute atomic E-state index is 12.3. The lowest BCUT2D eigenvalue weighted by atomic mass is 10.1. The van der Waals surface area contributed by atoms with E-state index in [0.29, 0.717) is 6.04 Å². The van der Waals surface area contributed by atoms with Crippen molar-refractivity contribution in [1.82, 2.24) is 9.80 Å². The summed E-state index contributed by atoms with van der Waals surface area (Å²) in [5, 5.41) is 0. The number of hydrogen-bond acceptors (Lipinski definition) is 4. The average molecular weight is 317 g/mol. The van der Waals surface area contributed by atoms with Gasteiger partial charge >= 0.3 is 0 Å². The van der Waals surface area contributed by atoms with Gasteiger partial charge in [0.1, 0.15) is 6.04 Å². The molecule has 2 aliphatic rings. The predicted molar refractivity (Wildman–Crippen MR) is 90.3 cm³/mol. The second-order valence-corrected chi connectivity index (χ2v) is 6.61. The highest BCUT2D eigenvalue weighted by Gasteiger charge is 2.29. The number of amides is 1. The van der Waals surface area contributed by atoms with Gasteiger partial charge in [0.15, 0.2) is 0 Å². The van der Waals surface area contributed by atoms with Gasteiger partial charge in [-0.2, -0.15) is 0 Å². The van der Waals surface area contributed by atoms with Gasteiger partial charge in [-0.25, -0.2) is 0 Å². The van der Waals surface area contributed by atoms with E-state index in [9.17, 15) is 4.79 Å². The van der Waals surface area contributed by atoms with Crippen LogP contribution in [-0.2, 0) is 22.4 Å². The summed E-state index contributed by atoms with van der Waals surface area (Å²) in [6, 6.07) is 8.78. The molecule has 1 aromatic rings. The molecule has 2 N–H and O–H groups in total. The van der Waals surface area contributed by atoms with Crippen LogP contribution in [0.2, 0.25) is 0 Å². The van der Waals surface area contributed by atoms with Gasteiger partial charge in [0, 0.05) is 39.3 Å². The number of benzene rings is 1. The highest BCUT2D eigenvalue weighted by molar-refractivity contribution is 5.81. The summed E-state index contributed by atoms with van der Waals surface area (Å²) < 4.78 is 5.00. The van der Waals surface area contributed by atoms with Crippen molar-refractivity contribution in [2.45, 2.75) is 31.3 Å². The maximum atomic E-state index is 12.3. The summed E-state index contributed by atoms with van der Waals surface area (Å²) in [6.07, 6.45) is 3.28. The number of ether oxygens (including phenoxy) is 1. The van der Waals surface area contributed by atoms with E-state index in [2.05, 4.69) is 29.2 Å². The molecule has 1 atom stereocenters. The van der Waals surface area contributed by atoms with Crippen LogP contribution in [0.5, 0.6) is 0 Å². The molecule has 126 valence electrons. The zero-order chi connectivity index (χ0) is 16.2. The Morgan fingerprint density at radius 1 is 1.22 bits per heavy atom. The molecule has 0 radical (unpaired) electrons.